The summed E-state index contributed by atoms with van der Waals surface area (Å²) in [5, 5.41) is 9.46. The van der Waals surface area contributed by atoms with Gasteiger partial charge in [0.25, 0.3) is 0 Å². The summed E-state index contributed by atoms with van der Waals surface area (Å²) < 4.78 is 37.5. The average Bonchev–Trinajstić information content (AvgIpc) is 2.98. The molecule has 0 atom stereocenters. The Labute approximate surface area is 149 Å². The zero-order valence-electron chi connectivity index (χ0n) is 13.5. The normalized spacial score (nSPS) is 11.5. The Morgan fingerprint density at radius 1 is 1.08 bits per heavy atom. The summed E-state index contributed by atoms with van der Waals surface area (Å²) in [5.74, 6) is -0.917. The first kappa shape index (κ1) is 17.8. The molecular weight excluding hydrogens is 359 g/mol. The quantitative estimate of drug-likeness (QED) is 0.700. The summed E-state index contributed by atoms with van der Waals surface area (Å²) in [6.45, 7) is 0. The third kappa shape index (κ3) is 3.79. The van der Waals surface area contributed by atoms with Crippen LogP contribution in [-0.2, 0) is 21.2 Å². The number of benzene rings is 2. The molecule has 9 heteroatoms. The number of rotatable bonds is 5. The second-order valence-electron chi connectivity index (χ2n) is 5.62. The van der Waals surface area contributed by atoms with Crippen molar-refractivity contribution in [1.29, 1.82) is 0 Å². The predicted molar refractivity (Wildman–Crippen MR) is 93.2 cm³/mol. The molecule has 0 unspecified atom stereocenters. The molecule has 0 aliphatic heterocycles. The first-order valence-electron chi connectivity index (χ1n) is 7.50. The minimum Gasteiger partial charge on any atom is -0.369 e. The van der Waals surface area contributed by atoms with Gasteiger partial charge in [0.15, 0.2) is 0 Å². The van der Waals surface area contributed by atoms with Gasteiger partial charge < -0.3 is 5.73 Å². The number of hydrogen-bond acceptors (Lipinski definition) is 4. The molecule has 0 fully saturated rings. The van der Waals surface area contributed by atoms with Crippen LogP contribution in [0.2, 0.25) is 0 Å². The first-order valence-corrected chi connectivity index (χ1v) is 9.05. The molecule has 0 aliphatic rings. The minimum atomic E-state index is -3.81. The molecule has 134 valence electrons. The number of aromatic nitrogens is 2. The summed E-state index contributed by atoms with van der Waals surface area (Å²) >= 11 is 0. The molecule has 1 amide bonds. The number of primary sulfonamides is 1. The monoisotopic (exact) mass is 374 g/mol. The Hall–Kier alpha value is -3.04. The molecule has 4 N–H and O–H groups in total. The summed E-state index contributed by atoms with van der Waals surface area (Å²) in [6, 6.07) is 13.2. The van der Waals surface area contributed by atoms with Crippen LogP contribution in [-0.4, -0.2) is 24.1 Å². The van der Waals surface area contributed by atoms with Gasteiger partial charge in [-0.25, -0.2) is 22.6 Å². The zero-order chi connectivity index (χ0) is 18.9. The van der Waals surface area contributed by atoms with E-state index in [-0.39, 0.29) is 17.1 Å². The minimum absolute atomic E-state index is 0.0332. The molecule has 0 bridgehead atoms. The number of hydrogen-bond donors (Lipinski definition) is 2. The highest BCUT2D eigenvalue weighted by molar-refractivity contribution is 7.89. The Kier molecular flexibility index (Phi) is 4.58. The maximum atomic E-state index is 13.2. The van der Waals surface area contributed by atoms with Crippen LogP contribution in [0.5, 0.6) is 0 Å². The molecule has 0 radical (unpaired) electrons. The zero-order valence-corrected chi connectivity index (χ0v) is 14.3. The molecule has 1 heterocycles. The van der Waals surface area contributed by atoms with Crippen molar-refractivity contribution >= 4 is 15.9 Å². The third-order valence-electron chi connectivity index (χ3n) is 3.67. The van der Waals surface area contributed by atoms with Gasteiger partial charge in [0.2, 0.25) is 15.9 Å². The van der Waals surface area contributed by atoms with Gasteiger partial charge in [0.05, 0.1) is 28.4 Å². The summed E-state index contributed by atoms with van der Waals surface area (Å²) in [4.78, 5) is 11.2. The van der Waals surface area contributed by atoms with Crippen molar-refractivity contribution in [1.82, 2.24) is 9.78 Å². The molecule has 3 aromatic rings. The lowest BCUT2D eigenvalue weighted by Gasteiger charge is -2.08. The smallest absolute Gasteiger partial charge is 0.238 e. The van der Waals surface area contributed by atoms with Crippen LogP contribution in [0.1, 0.15) is 5.69 Å². The van der Waals surface area contributed by atoms with E-state index >= 15 is 0 Å². The summed E-state index contributed by atoms with van der Waals surface area (Å²) in [7, 11) is -3.81. The fraction of sp³-hybridized carbons (Fsp3) is 0.0588. The molecule has 0 saturated carbocycles. The van der Waals surface area contributed by atoms with Crippen LogP contribution < -0.4 is 10.9 Å². The van der Waals surface area contributed by atoms with Crippen LogP contribution in [0, 0.1) is 5.82 Å². The molecule has 7 nitrogen and oxygen atoms in total. The average molecular weight is 374 g/mol. The van der Waals surface area contributed by atoms with Gasteiger partial charge in [0, 0.05) is 5.56 Å². The Balaban J connectivity index is 2.11. The summed E-state index contributed by atoms with van der Waals surface area (Å²) in [6.07, 6.45) is -0.0591. The van der Waals surface area contributed by atoms with E-state index in [1.165, 1.54) is 41.1 Å². The van der Waals surface area contributed by atoms with Crippen LogP contribution in [0.15, 0.2) is 59.5 Å². The van der Waals surface area contributed by atoms with Crippen molar-refractivity contribution in [2.45, 2.75) is 11.3 Å². The molecule has 26 heavy (non-hydrogen) atoms. The van der Waals surface area contributed by atoms with Crippen LogP contribution in [0.4, 0.5) is 4.39 Å². The number of nitrogens with two attached hydrogens (primary N) is 2. The third-order valence-corrected chi connectivity index (χ3v) is 4.59. The van der Waals surface area contributed by atoms with Crippen molar-refractivity contribution < 1.29 is 17.6 Å². The lowest BCUT2D eigenvalue weighted by Crippen LogP contribution is -2.14. The van der Waals surface area contributed by atoms with E-state index in [9.17, 15) is 17.6 Å². The fourth-order valence-corrected chi connectivity index (χ4v) is 3.01. The van der Waals surface area contributed by atoms with Gasteiger partial charge in [-0.1, -0.05) is 0 Å². The van der Waals surface area contributed by atoms with E-state index < -0.39 is 15.9 Å². The van der Waals surface area contributed by atoms with Crippen LogP contribution in [0.25, 0.3) is 16.9 Å². The Bertz CT molecular complexity index is 1060. The van der Waals surface area contributed by atoms with E-state index in [0.29, 0.717) is 22.6 Å². The highest BCUT2D eigenvalue weighted by Gasteiger charge is 2.14. The maximum Gasteiger partial charge on any atom is 0.238 e. The van der Waals surface area contributed by atoms with Crippen LogP contribution >= 0.6 is 0 Å². The standard InChI is InChI=1S/C17H15FN4O3S/c18-12-3-1-11(2-4-12)16-9-13(10-17(19)23)21-22(16)14-5-7-15(8-6-14)26(20,24)25/h1-9H,10H2,(H2,19,23)(H2,20,24,25). The highest BCUT2D eigenvalue weighted by Crippen LogP contribution is 2.25. The van der Waals surface area contributed by atoms with Crippen LogP contribution in [0.3, 0.4) is 0 Å². The van der Waals surface area contributed by atoms with Crippen molar-refractivity contribution in [2.75, 3.05) is 0 Å². The van der Waals surface area contributed by atoms with Gasteiger partial charge in [-0.2, -0.15) is 5.10 Å². The Morgan fingerprint density at radius 2 is 1.69 bits per heavy atom. The molecule has 2 aromatic carbocycles. The van der Waals surface area contributed by atoms with E-state index in [1.807, 2.05) is 0 Å². The second-order valence-corrected chi connectivity index (χ2v) is 7.18. The second kappa shape index (κ2) is 6.70. The molecule has 0 aliphatic carbocycles. The number of primary amides is 1. The number of amides is 1. The van der Waals surface area contributed by atoms with Gasteiger partial charge in [-0.05, 0) is 54.6 Å². The predicted octanol–water partition coefficient (Wildman–Crippen LogP) is 1.35. The van der Waals surface area contributed by atoms with Crippen molar-refractivity contribution in [3.05, 3.63) is 66.1 Å². The molecule has 1 aromatic heterocycles. The first-order chi connectivity index (χ1) is 12.2. The number of halogens is 1. The number of carbonyl (C=O) groups is 1. The van der Waals surface area contributed by atoms with Gasteiger partial charge in [-0.3, -0.25) is 4.79 Å². The summed E-state index contributed by atoms with van der Waals surface area (Å²) in [5.41, 5.74) is 7.49. The lowest BCUT2D eigenvalue weighted by atomic mass is 10.1. The van der Waals surface area contributed by atoms with Crippen molar-refractivity contribution in [3.63, 3.8) is 0 Å². The maximum absolute atomic E-state index is 13.2. The molecule has 0 spiro atoms. The van der Waals surface area contributed by atoms with Crippen molar-refractivity contribution in [3.8, 4) is 16.9 Å². The largest absolute Gasteiger partial charge is 0.369 e. The highest BCUT2D eigenvalue weighted by atomic mass is 32.2. The number of carbonyl (C=O) groups excluding carboxylic acids is 1. The fourth-order valence-electron chi connectivity index (χ4n) is 2.50. The van der Waals surface area contributed by atoms with E-state index in [2.05, 4.69) is 5.10 Å². The molecule has 0 saturated heterocycles. The number of sulfonamides is 1. The van der Waals surface area contributed by atoms with E-state index in [1.54, 1.807) is 18.2 Å². The van der Waals surface area contributed by atoms with E-state index in [0.717, 1.165) is 0 Å². The SMILES string of the molecule is NC(=O)Cc1cc(-c2ccc(F)cc2)n(-c2ccc(S(N)(=O)=O)cc2)n1. The van der Waals surface area contributed by atoms with Gasteiger partial charge in [-0.15, -0.1) is 0 Å². The topological polar surface area (TPSA) is 121 Å². The Morgan fingerprint density at radius 3 is 2.23 bits per heavy atom. The van der Waals surface area contributed by atoms with Crippen molar-refractivity contribution in [2.24, 2.45) is 10.9 Å². The van der Waals surface area contributed by atoms with Gasteiger partial charge in [0.1, 0.15) is 5.82 Å². The number of nitrogens with zero attached hydrogens (tertiary/aromatic N) is 2. The molecule has 3 rings (SSSR count). The van der Waals surface area contributed by atoms with E-state index in [4.69, 9.17) is 10.9 Å². The van der Waals surface area contributed by atoms with Gasteiger partial charge >= 0.3 is 0 Å². The lowest BCUT2D eigenvalue weighted by molar-refractivity contribution is -0.117. The molecular formula is C17H15FN4O3S.